The molecule has 1 rings (SSSR count). The molecule has 0 unspecified atom stereocenters. The summed E-state index contributed by atoms with van der Waals surface area (Å²) in [6, 6.07) is 0. The summed E-state index contributed by atoms with van der Waals surface area (Å²) in [5.74, 6) is 0. The van der Waals surface area contributed by atoms with E-state index >= 15 is 0 Å². The van der Waals surface area contributed by atoms with E-state index in [4.69, 9.17) is 10.5 Å². The van der Waals surface area contributed by atoms with Gasteiger partial charge in [-0.15, -0.1) is 0 Å². The van der Waals surface area contributed by atoms with Gasteiger partial charge in [-0.05, 0) is 27.7 Å². The second-order valence-corrected chi connectivity index (χ2v) is 6.53. The highest BCUT2D eigenvalue weighted by molar-refractivity contribution is 7.89. The van der Waals surface area contributed by atoms with E-state index in [1.165, 1.54) is 0 Å². The number of hydrogen-bond acceptors (Lipinski definition) is 5. The summed E-state index contributed by atoms with van der Waals surface area (Å²) in [6.07, 6.45) is 0.0790. The number of hydrogen-bond donors (Lipinski definition) is 2. The van der Waals surface area contributed by atoms with Gasteiger partial charge in [-0.25, -0.2) is 13.1 Å². The van der Waals surface area contributed by atoms with Gasteiger partial charge in [-0.1, -0.05) is 0 Å². The van der Waals surface area contributed by atoms with Crippen LogP contribution in [0, 0.1) is 13.8 Å². The van der Waals surface area contributed by atoms with Crippen molar-refractivity contribution in [1.29, 1.82) is 0 Å². The molecule has 3 N–H and O–H groups in total. The van der Waals surface area contributed by atoms with Crippen LogP contribution in [-0.2, 0) is 21.3 Å². The Labute approximate surface area is 120 Å². The Hall–Kier alpha value is -0.960. The van der Waals surface area contributed by atoms with E-state index in [1.807, 2.05) is 13.8 Å². The largest absolute Gasteiger partial charge is 0.377 e. The average Bonchev–Trinajstić information content (AvgIpc) is 2.61. The van der Waals surface area contributed by atoms with Crippen LogP contribution in [0.4, 0.5) is 0 Å². The zero-order chi connectivity index (χ0) is 15.3. The van der Waals surface area contributed by atoms with Crippen LogP contribution in [0.3, 0.4) is 0 Å². The molecule has 0 spiro atoms. The van der Waals surface area contributed by atoms with Crippen molar-refractivity contribution in [3.63, 3.8) is 0 Å². The highest BCUT2D eigenvalue weighted by Gasteiger charge is 2.23. The maximum atomic E-state index is 12.3. The molecule has 0 saturated carbocycles. The Balaban J connectivity index is 2.82. The fourth-order valence-corrected chi connectivity index (χ4v) is 3.37. The summed E-state index contributed by atoms with van der Waals surface area (Å²) in [6.45, 7) is 8.70. The Kier molecular flexibility index (Phi) is 6.12. The standard InChI is InChI=1S/C12H24N4O3S/c1-9(2)19-8-6-14-20(17,18)12-10(3)15-16(7-5-13)11(12)4/h9,14H,5-8,13H2,1-4H3. The number of ether oxygens (including phenoxy) is 1. The molecule has 0 aliphatic carbocycles. The van der Waals surface area contributed by atoms with Gasteiger partial charge in [0.05, 0.1) is 30.6 Å². The third kappa shape index (κ3) is 4.27. The van der Waals surface area contributed by atoms with Crippen LogP contribution < -0.4 is 10.5 Å². The van der Waals surface area contributed by atoms with Crippen LogP contribution in [-0.4, -0.2) is 44.0 Å². The van der Waals surface area contributed by atoms with Crippen molar-refractivity contribution in [1.82, 2.24) is 14.5 Å². The molecule has 0 aromatic carbocycles. The first-order chi connectivity index (χ1) is 9.29. The summed E-state index contributed by atoms with van der Waals surface area (Å²) in [4.78, 5) is 0.232. The Morgan fingerprint density at radius 2 is 2.05 bits per heavy atom. The number of nitrogens with one attached hydrogen (secondary N) is 1. The highest BCUT2D eigenvalue weighted by Crippen LogP contribution is 2.18. The lowest BCUT2D eigenvalue weighted by atomic mass is 10.4. The molecule has 1 aromatic rings. The van der Waals surface area contributed by atoms with Crippen molar-refractivity contribution in [2.75, 3.05) is 19.7 Å². The zero-order valence-electron chi connectivity index (χ0n) is 12.5. The Morgan fingerprint density at radius 1 is 1.40 bits per heavy atom. The number of sulfonamides is 1. The molecule has 7 nitrogen and oxygen atoms in total. The van der Waals surface area contributed by atoms with Gasteiger partial charge in [0, 0.05) is 13.1 Å². The number of nitrogens with zero attached hydrogens (tertiary/aromatic N) is 2. The molecule has 1 aromatic heterocycles. The van der Waals surface area contributed by atoms with E-state index in [9.17, 15) is 8.42 Å². The molecule has 0 atom stereocenters. The first kappa shape index (κ1) is 17.1. The van der Waals surface area contributed by atoms with E-state index in [0.29, 0.717) is 31.1 Å². The Morgan fingerprint density at radius 3 is 2.60 bits per heavy atom. The van der Waals surface area contributed by atoms with E-state index in [1.54, 1.807) is 18.5 Å². The van der Waals surface area contributed by atoms with Gasteiger partial charge in [0.25, 0.3) is 0 Å². The third-order valence-electron chi connectivity index (χ3n) is 2.77. The molecule has 116 valence electrons. The second-order valence-electron chi connectivity index (χ2n) is 4.83. The first-order valence-corrected chi connectivity index (χ1v) is 8.13. The smallest absolute Gasteiger partial charge is 0.244 e. The van der Waals surface area contributed by atoms with Gasteiger partial charge < -0.3 is 10.5 Å². The number of rotatable bonds is 8. The van der Waals surface area contributed by atoms with Gasteiger partial charge in [0.15, 0.2) is 0 Å². The molecule has 20 heavy (non-hydrogen) atoms. The zero-order valence-corrected chi connectivity index (χ0v) is 13.3. The number of aromatic nitrogens is 2. The highest BCUT2D eigenvalue weighted by atomic mass is 32.2. The van der Waals surface area contributed by atoms with Crippen LogP contribution in [0.2, 0.25) is 0 Å². The maximum absolute atomic E-state index is 12.3. The topological polar surface area (TPSA) is 99.2 Å². The molecule has 8 heteroatoms. The van der Waals surface area contributed by atoms with Crippen LogP contribution in [0.1, 0.15) is 25.2 Å². The lowest BCUT2D eigenvalue weighted by molar-refractivity contribution is 0.0834. The molecular weight excluding hydrogens is 280 g/mol. The van der Waals surface area contributed by atoms with Gasteiger partial charge in [-0.3, -0.25) is 4.68 Å². The summed E-state index contributed by atoms with van der Waals surface area (Å²) in [5.41, 5.74) is 6.56. The first-order valence-electron chi connectivity index (χ1n) is 6.65. The third-order valence-corrected chi connectivity index (χ3v) is 4.48. The predicted octanol–water partition coefficient (Wildman–Crippen LogP) is 0.162. The number of nitrogens with two attached hydrogens (primary N) is 1. The second kappa shape index (κ2) is 7.16. The molecule has 0 bridgehead atoms. The minimum atomic E-state index is -3.57. The van der Waals surface area contributed by atoms with Crippen LogP contribution in [0.15, 0.2) is 4.90 Å². The summed E-state index contributed by atoms with van der Waals surface area (Å²) >= 11 is 0. The van der Waals surface area contributed by atoms with Gasteiger partial charge in [-0.2, -0.15) is 5.10 Å². The molecular formula is C12H24N4O3S. The van der Waals surface area contributed by atoms with Crippen LogP contribution in [0.5, 0.6) is 0 Å². The minimum Gasteiger partial charge on any atom is -0.377 e. The van der Waals surface area contributed by atoms with Gasteiger partial charge in [0.2, 0.25) is 10.0 Å². The van der Waals surface area contributed by atoms with Crippen molar-refractivity contribution < 1.29 is 13.2 Å². The van der Waals surface area contributed by atoms with E-state index in [2.05, 4.69) is 9.82 Å². The average molecular weight is 304 g/mol. The van der Waals surface area contributed by atoms with Crippen LogP contribution in [0.25, 0.3) is 0 Å². The van der Waals surface area contributed by atoms with Gasteiger partial charge >= 0.3 is 0 Å². The number of aryl methyl sites for hydroxylation is 1. The van der Waals surface area contributed by atoms with E-state index in [-0.39, 0.29) is 17.5 Å². The van der Waals surface area contributed by atoms with Crippen molar-refractivity contribution in [2.24, 2.45) is 5.73 Å². The van der Waals surface area contributed by atoms with E-state index < -0.39 is 10.0 Å². The quantitative estimate of drug-likeness (QED) is 0.667. The van der Waals surface area contributed by atoms with Crippen molar-refractivity contribution in [3.8, 4) is 0 Å². The molecule has 0 aliphatic rings. The lowest BCUT2D eigenvalue weighted by Gasteiger charge is -2.10. The van der Waals surface area contributed by atoms with Crippen molar-refractivity contribution in [3.05, 3.63) is 11.4 Å². The monoisotopic (exact) mass is 304 g/mol. The predicted molar refractivity (Wildman–Crippen MR) is 77.0 cm³/mol. The fraction of sp³-hybridized carbons (Fsp3) is 0.750. The van der Waals surface area contributed by atoms with Gasteiger partial charge in [0.1, 0.15) is 4.90 Å². The molecule has 1 heterocycles. The molecule has 0 amide bonds. The maximum Gasteiger partial charge on any atom is 0.244 e. The summed E-state index contributed by atoms with van der Waals surface area (Å²) in [5, 5.41) is 4.21. The lowest BCUT2D eigenvalue weighted by Crippen LogP contribution is -2.29. The Bertz CT molecular complexity index is 537. The van der Waals surface area contributed by atoms with Crippen molar-refractivity contribution >= 4 is 10.0 Å². The molecule has 0 fully saturated rings. The molecule has 0 aliphatic heterocycles. The van der Waals surface area contributed by atoms with Crippen molar-refractivity contribution in [2.45, 2.75) is 45.2 Å². The minimum absolute atomic E-state index is 0.0790. The van der Waals surface area contributed by atoms with E-state index in [0.717, 1.165) is 0 Å². The van der Waals surface area contributed by atoms with Crippen LogP contribution >= 0.6 is 0 Å². The summed E-state index contributed by atoms with van der Waals surface area (Å²) in [7, 11) is -3.57. The molecule has 0 saturated heterocycles. The fourth-order valence-electron chi connectivity index (χ4n) is 1.95. The summed E-state index contributed by atoms with van der Waals surface area (Å²) < 4.78 is 34.0. The molecule has 0 radical (unpaired) electrons. The normalized spacial score (nSPS) is 12.3. The SMILES string of the molecule is Cc1nn(CCN)c(C)c1S(=O)(=O)NCCOC(C)C.